The van der Waals surface area contributed by atoms with Crippen molar-refractivity contribution < 1.29 is 36.2 Å². The summed E-state index contributed by atoms with van der Waals surface area (Å²) in [6, 6.07) is 0.895. The van der Waals surface area contributed by atoms with Gasteiger partial charge in [-0.25, -0.2) is 13.2 Å². The molecular formula is C21H25F5O3. The summed E-state index contributed by atoms with van der Waals surface area (Å²) < 4.78 is 84.7. The fourth-order valence-electron chi connectivity index (χ4n) is 5.10. The van der Waals surface area contributed by atoms with Gasteiger partial charge >= 0.3 is 6.11 Å². The molecule has 8 heteroatoms. The van der Waals surface area contributed by atoms with Gasteiger partial charge in [-0.2, -0.15) is 8.78 Å². The third-order valence-electron chi connectivity index (χ3n) is 6.73. The van der Waals surface area contributed by atoms with E-state index in [0.717, 1.165) is 25.7 Å². The van der Waals surface area contributed by atoms with Gasteiger partial charge in [-0.15, -0.1) is 0 Å². The van der Waals surface area contributed by atoms with E-state index >= 15 is 0 Å². The first-order valence-electron chi connectivity index (χ1n) is 10.3. The van der Waals surface area contributed by atoms with Gasteiger partial charge in [0.2, 0.25) is 0 Å². The summed E-state index contributed by atoms with van der Waals surface area (Å²) in [5, 5.41) is 0. The molecule has 2 saturated carbocycles. The summed E-state index contributed by atoms with van der Waals surface area (Å²) in [5.74, 6) is -6.12. The summed E-state index contributed by atoms with van der Waals surface area (Å²) in [4.78, 5) is 0. The van der Waals surface area contributed by atoms with E-state index < -0.39 is 41.0 Å². The molecule has 0 bridgehead atoms. The number of hydrogen-bond donors (Lipinski definition) is 0. The molecule has 1 aromatic rings. The van der Waals surface area contributed by atoms with Crippen LogP contribution < -0.4 is 4.74 Å². The topological polar surface area (TPSA) is 27.7 Å². The lowest BCUT2D eigenvalue weighted by Gasteiger charge is -2.41. The largest absolute Gasteiger partial charge is 0.432 e. The molecule has 3 fully saturated rings. The zero-order valence-electron chi connectivity index (χ0n) is 16.1. The molecule has 29 heavy (non-hydrogen) atoms. The van der Waals surface area contributed by atoms with Crippen LogP contribution in [0.1, 0.15) is 51.4 Å². The Labute approximate surface area is 166 Å². The lowest BCUT2D eigenvalue weighted by atomic mass is 9.70. The zero-order chi connectivity index (χ0) is 20.6. The summed E-state index contributed by atoms with van der Waals surface area (Å²) in [6.07, 6.45) is 1.94. The quantitative estimate of drug-likeness (QED) is 0.454. The number of benzene rings is 1. The van der Waals surface area contributed by atoms with Crippen LogP contribution in [0.15, 0.2) is 12.1 Å². The highest BCUT2D eigenvalue weighted by Crippen LogP contribution is 2.47. The van der Waals surface area contributed by atoms with Crippen LogP contribution in [0.3, 0.4) is 0 Å². The van der Waals surface area contributed by atoms with E-state index in [-0.39, 0.29) is 12.8 Å². The smallest absolute Gasteiger partial charge is 0.400 e. The number of halogens is 5. The van der Waals surface area contributed by atoms with Crippen molar-refractivity contribution in [3.05, 3.63) is 29.6 Å². The molecule has 1 spiro atoms. The highest BCUT2D eigenvalue weighted by atomic mass is 19.3. The van der Waals surface area contributed by atoms with Crippen molar-refractivity contribution >= 4 is 0 Å². The second kappa shape index (κ2) is 8.02. The van der Waals surface area contributed by atoms with Crippen LogP contribution in [0, 0.1) is 35.2 Å². The van der Waals surface area contributed by atoms with Crippen LogP contribution >= 0.6 is 0 Å². The fourth-order valence-corrected chi connectivity index (χ4v) is 5.10. The first-order chi connectivity index (χ1) is 13.8. The zero-order valence-corrected chi connectivity index (χ0v) is 16.1. The van der Waals surface area contributed by atoms with Gasteiger partial charge in [-0.05, 0) is 50.4 Å². The third kappa shape index (κ3) is 4.38. The Morgan fingerprint density at radius 3 is 1.90 bits per heavy atom. The number of alkyl halides is 2. The second-order valence-electron chi connectivity index (χ2n) is 8.42. The Morgan fingerprint density at radius 2 is 1.34 bits per heavy atom. The van der Waals surface area contributed by atoms with E-state index in [1.165, 1.54) is 0 Å². The molecule has 4 rings (SSSR count). The van der Waals surface area contributed by atoms with E-state index in [1.807, 2.05) is 0 Å². The molecule has 0 aromatic heterocycles. The molecule has 3 nitrogen and oxygen atoms in total. The Bertz CT molecular complexity index is 694. The Hall–Kier alpha value is -1.41. The minimum absolute atomic E-state index is 0.276. The maximum atomic E-state index is 14.5. The van der Waals surface area contributed by atoms with Crippen molar-refractivity contribution in [2.24, 2.45) is 17.8 Å². The van der Waals surface area contributed by atoms with Gasteiger partial charge in [0.05, 0.1) is 19.1 Å². The third-order valence-corrected chi connectivity index (χ3v) is 6.73. The summed E-state index contributed by atoms with van der Waals surface area (Å²) in [5.41, 5.74) is 0. The molecule has 1 aliphatic heterocycles. The lowest BCUT2D eigenvalue weighted by molar-refractivity contribution is -0.225. The molecule has 0 N–H and O–H groups in total. The minimum Gasteiger partial charge on any atom is -0.432 e. The maximum absolute atomic E-state index is 14.5. The van der Waals surface area contributed by atoms with Gasteiger partial charge in [0.1, 0.15) is 5.75 Å². The predicted molar refractivity (Wildman–Crippen MR) is 93.9 cm³/mol. The van der Waals surface area contributed by atoms with Crippen molar-refractivity contribution in [2.75, 3.05) is 13.2 Å². The summed E-state index contributed by atoms with van der Waals surface area (Å²) in [7, 11) is 0. The van der Waals surface area contributed by atoms with Crippen LogP contribution in [0.5, 0.6) is 5.75 Å². The first kappa shape index (κ1) is 20.8. The molecule has 0 radical (unpaired) electrons. The van der Waals surface area contributed by atoms with Crippen LogP contribution in [0.25, 0.3) is 0 Å². The van der Waals surface area contributed by atoms with E-state index in [4.69, 9.17) is 9.47 Å². The van der Waals surface area contributed by atoms with Crippen molar-refractivity contribution in [1.29, 1.82) is 0 Å². The molecule has 2 aliphatic carbocycles. The van der Waals surface area contributed by atoms with Gasteiger partial charge in [0, 0.05) is 25.0 Å². The highest BCUT2D eigenvalue weighted by Gasteiger charge is 2.47. The minimum atomic E-state index is -3.57. The monoisotopic (exact) mass is 420 g/mol. The normalized spacial score (nSPS) is 28.0. The van der Waals surface area contributed by atoms with Crippen molar-refractivity contribution in [1.82, 2.24) is 0 Å². The van der Waals surface area contributed by atoms with Gasteiger partial charge in [-0.1, -0.05) is 0 Å². The average molecular weight is 420 g/mol. The molecule has 1 heterocycles. The van der Waals surface area contributed by atoms with Crippen molar-refractivity contribution in [2.45, 2.75) is 63.3 Å². The molecule has 3 aliphatic rings. The summed E-state index contributed by atoms with van der Waals surface area (Å²) in [6.45, 7) is 1.26. The fraction of sp³-hybridized carbons (Fsp3) is 0.714. The second-order valence-corrected chi connectivity index (χ2v) is 8.42. The first-order valence-corrected chi connectivity index (χ1v) is 10.3. The lowest BCUT2D eigenvalue weighted by Crippen LogP contribution is -2.40. The number of rotatable bonds is 4. The predicted octanol–water partition coefficient (Wildman–Crippen LogP) is 5.82. The molecule has 162 valence electrons. The van der Waals surface area contributed by atoms with Gasteiger partial charge < -0.3 is 14.2 Å². The molecule has 0 amide bonds. The van der Waals surface area contributed by atoms with Gasteiger partial charge in [-0.3, -0.25) is 0 Å². The summed E-state index contributed by atoms with van der Waals surface area (Å²) >= 11 is 0. The van der Waals surface area contributed by atoms with E-state index in [0.29, 0.717) is 50.0 Å². The van der Waals surface area contributed by atoms with E-state index in [1.54, 1.807) is 0 Å². The molecule has 1 saturated heterocycles. The van der Waals surface area contributed by atoms with Crippen LogP contribution in [-0.4, -0.2) is 25.1 Å². The van der Waals surface area contributed by atoms with Crippen LogP contribution in [-0.2, 0) is 9.47 Å². The average Bonchev–Trinajstić information content (AvgIpc) is 3.14. The Balaban J connectivity index is 1.30. The maximum Gasteiger partial charge on any atom is 0.400 e. The molecule has 1 aromatic carbocycles. The van der Waals surface area contributed by atoms with Gasteiger partial charge in [0.15, 0.2) is 23.2 Å². The number of hydrogen-bond acceptors (Lipinski definition) is 3. The van der Waals surface area contributed by atoms with Crippen molar-refractivity contribution in [3.63, 3.8) is 0 Å². The highest BCUT2D eigenvalue weighted by molar-refractivity contribution is 5.25. The van der Waals surface area contributed by atoms with Gasteiger partial charge in [0.25, 0.3) is 0 Å². The van der Waals surface area contributed by atoms with Crippen LogP contribution in [0.4, 0.5) is 22.0 Å². The van der Waals surface area contributed by atoms with E-state index in [2.05, 4.69) is 4.74 Å². The Morgan fingerprint density at radius 1 is 0.828 bits per heavy atom. The van der Waals surface area contributed by atoms with Crippen molar-refractivity contribution in [3.8, 4) is 5.75 Å². The van der Waals surface area contributed by atoms with E-state index in [9.17, 15) is 22.0 Å². The van der Waals surface area contributed by atoms with Crippen LogP contribution in [0.2, 0.25) is 0 Å². The SMILES string of the molecule is Fc1cc(OC(F)(F)C2CCC(C3CCC4(CC3)OCCO4)CC2)cc(F)c1F. The molecule has 0 unspecified atom stereocenters. The molecular weight excluding hydrogens is 395 g/mol. The Kier molecular flexibility index (Phi) is 5.77. The number of ether oxygens (including phenoxy) is 3. The standard InChI is InChI=1S/C21H25F5O3/c22-17-11-16(12-18(23)19(17)24)29-21(25,26)15-3-1-13(2-4-15)14-5-7-20(8-6-14)27-9-10-28-20/h11-15H,1-10H2. The molecule has 0 atom stereocenters.